The number of hydrogen-bond acceptors (Lipinski definition) is 3. The molecule has 0 fully saturated rings. The van der Waals surface area contributed by atoms with Gasteiger partial charge in [0, 0.05) is 11.6 Å². The average Bonchev–Trinajstić information content (AvgIpc) is 3.09. The SMILES string of the molecule is Cc1cc(C)c(C)c([C@H]2Nc3ccc(S(N)(=O)=O)cc3[C@@H]3C=CC[C@H]23)c1C. The highest BCUT2D eigenvalue weighted by atomic mass is 32.2. The summed E-state index contributed by atoms with van der Waals surface area (Å²) in [6, 6.07) is 7.66. The van der Waals surface area contributed by atoms with Crippen LogP contribution in [0, 0.1) is 33.6 Å². The molecule has 0 unspecified atom stereocenters. The van der Waals surface area contributed by atoms with Gasteiger partial charge in [-0.25, -0.2) is 13.6 Å². The van der Waals surface area contributed by atoms with Gasteiger partial charge in [-0.1, -0.05) is 18.2 Å². The number of allylic oxidation sites excluding steroid dienone is 2. The summed E-state index contributed by atoms with van der Waals surface area (Å²) in [5, 5.41) is 9.08. The first-order chi connectivity index (χ1) is 12.7. The fourth-order valence-electron chi connectivity index (χ4n) is 4.75. The van der Waals surface area contributed by atoms with Crippen LogP contribution in [0.4, 0.5) is 5.69 Å². The topological polar surface area (TPSA) is 72.2 Å². The molecule has 1 aliphatic carbocycles. The molecule has 0 bridgehead atoms. The Balaban J connectivity index is 1.87. The quantitative estimate of drug-likeness (QED) is 0.757. The van der Waals surface area contributed by atoms with Gasteiger partial charge in [0.25, 0.3) is 0 Å². The molecule has 0 spiro atoms. The highest BCUT2D eigenvalue weighted by Gasteiger charge is 2.39. The first kappa shape index (κ1) is 18.3. The molecule has 27 heavy (non-hydrogen) atoms. The number of fused-ring (bicyclic) bond motifs is 3. The molecule has 4 nitrogen and oxygen atoms in total. The molecule has 1 aliphatic heterocycles. The van der Waals surface area contributed by atoms with E-state index in [9.17, 15) is 8.42 Å². The van der Waals surface area contributed by atoms with Crippen molar-refractivity contribution in [2.24, 2.45) is 11.1 Å². The van der Waals surface area contributed by atoms with E-state index in [-0.39, 0.29) is 16.9 Å². The maximum absolute atomic E-state index is 11.8. The van der Waals surface area contributed by atoms with E-state index >= 15 is 0 Å². The Bertz CT molecular complexity index is 1040. The van der Waals surface area contributed by atoms with Crippen molar-refractivity contribution in [3.05, 3.63) is 69.8 Å². The van der Waals surface area contributed by atoms with Crippen molar-refractivity contribution >= 4 is 15.7 Å². The van der Waals surface area contributed by atoms with Crippen LogP contribution in [-0.2, 0) is 10.0 Å². The Hall–Kier alpha value is -2.11. The molecule has 3 N–H and O–H groups in total. The molecular formula is C22H26N2O2S. The summed E-state index contributed by atoms with van der Waals surface area (Å²) in [6.45, 7) is 8.75. The van der Waals surface area contributed by atoms with Crippen molar-refractivity contribution in [1.29, 1.82) is 0 Å². The molecule has 0 saturated heterocycles. The Labute approximate surface area is 161 Å². The lowest BCUT2D eigenvalue weighted by Crippen LogP contribution is -2.30. The second-order valence-electron chi connectivity index (χ2n) is 7.94. The molecule has 0 radical (unpaired) electrons. The monoisotopic (exact) mass is 382 g/mol. The molecule has 4 rings (SSSR count). The number of nitrogens with two attached hydrogens (primary N) is 1. The van der Waals surface area contributed by atoms with Gasteiger partial charge < -0.3 is 5.32 Å². The zero-order valence-electron chi connectivity index (χ0n) is 16.2. The highest BCUT2D eigenvalue weighted by molar-refractivity contribution is 7.89. The largest absolute Gasteiger partial charge is 0.378 e. The van der Waals surface area contributed by atoms with Gasteiger partial charge in [-0.15, -0.1) is 0 Å². The standard InChI is InChI=1S/C22H26N2O2S/c1-12-10-13(2)15(4)21(14(12)3)22-18-7-5-6-17(18)19-11-16(27(23,25)26)8-9-20(19)24-22/h5-6,8-11,17-18,22,24H,7H2,1-4H3,(H2,23,25,26)/t17-,18+,22+/m1/s1. The molecule has 142 valence electrons. The van der Waals surface area contributed by atoms with E-state index in [0.717, 1.165) is 17.7 Å². The van der Waals surface area contributed by atoms with Crippen LogP contribution in [0.5, 0.6) is 0 Å². The molecule has 2 aromatic rings. The third-order valence-corrected chi connectivity index (χ3v) is 7.31. The van der Waals surface area contributed by atoms with Gasteiger partial charge in [-0.3, -0.25) is 0 Å². The minimum Gasteiger partial charge on any atom is -0.378 e. The number of rotatable bonds is 2. The zero-order valence-corrected chi connectivity index (χ0v) is 17.0. The van der Waals surface area contributed by atoms with Gasteiger partial charge in [0.15, 0.2) is 0 Å². The fraction of sp³-hybridized carbons (Fsp3) is 0.364. The van der Waals surface area contributed by atoms with E-state index < -0.39 is 10.0 Å². The van der Waals surface area contributed by atoms with Crippen molar-refractivity contribution in [2.75, 3.05) is 5.32 Å². The summed E-state index contributed by atoms with van der Waals surface area (Å²) >= 11 is 0. The predicted octanol–water partition coefficient (Wildman–Crippen LogP) is 4.39. The Kier molecular flexibility index (Phi) is 4.20. The summed E-state index contributed by atoms with van der Waals surface area (Å²) in [4.78, 5) is 0.180. The fourth-order valence-corrected chi connectivity index (χ4v) is 5.30. The van der Waals surface area contributed by atoms with Crippen molar-refractivity contribution in [3.63, 3.8) is 0 Å². The van der Waals surface area contributed by atoms with Crippen molar-refractivity contribution in [1.82, 2.24) is 0 Å². The minimum atomic E-state index is -3.71. The zero-order chi connectivity index (χ0) is 19.5. The Morgan fingerprint density at radius 1 is 1.04 bits per heavy atom. The van der Waals surface area contributed by atoms with Crippen LogP contribution in [-0.4, -0.2) is 8.42 Å². The molecule has 2 aromatic carbocycles. The van der Waals surface area contributed by atoms with E-state index in [1.165, 1.54) is 27.8 Å². The van der Waals surface area contributed by atoms with E-state index in [1.54, 1.807) is 12.1 Å². The second kappa shape index (κ2) is 6.21. The van der Waals surface area contributed by atoms with Crippen LogP contribution >= 0.6 is 0 Å². The first-order valence-electron chi connectivity index (χ1n) is 9.35. The molecule has 5 heteroatoms. The smallest absolute Gasteiger partial charge is 0.238 e. The summed E-state index contributed by atoms with van der Waals surface area (Å²) < 4.78 is 23.6. The first-order valence-corrected chi connectivity index (χ1v) is 10.9. The summed E-state index contributed by atoms with van der Waals surface area (Å²) in [7, 11) is -3.71. The minimum absolute atomic E-state index is 0.180. The van der Waals surface area contributed by atoms with Crippen molar-refractivity contribution in [3.8, 4) is 0 Å². The van der Waals surface area contributed by atoms with Crippen LogP contribution in [0.25, 0.3) is 0 Å². The maximum atomic E-state index is 11.8. The molecule has 0 amide bonds. The van der Waals surface area contributed by atoms with Crippen LogP contribution < -0.4 is 10.5 Å². The summed E-state index contributed by atoms with van der Waals surface area (Å²) in [5.41, 5.74) is 8.71. The molecule has 1 heterocycles. The van der Waals surface area contributed by atoms with Gasteiger partial charge in [0.1, 0.15) is 0 Å². The van der Waals surface area contributed by atoms with Crippen LogP contribution in [0.2, 0.25) is 0 Å². The lowest BCUT2D eigenvalue weighted by atomic mass is 9.74. The number of nitrogens with one attached hydrogen (secondary N) is 1. The number of aryl methyl sites for hydroxylation is 2. The molecule has 2 aliphatic rings. The Morgan fingerprint density at radius 3 is 2.33 bits per heavy atom. The van der Waals surface area contributed by atoms with E-state index in [2.05, 4.69) is 51.2 Å². The van der Waals surface area contributed by atoms with E-state index in [1.807, 2.05) is 6.07 Å². The molecular weight excluding hydrogens is 356 g/mol. The third-order valence-electron chi connectivity index (χ3n) is 6.40. The van der Waals surface area contributed by atoms with Gasteiger partial charge in [-0.2, -0.15) is 0 Å². The second-order valence-corrected chi connectivity index (χ2v) is 9.51. The number of hydrogen-bond donors (Lipinski definition) is 2. The van der Waals surface area contributed by atoms with Crippen LogP contribution in [0.3, 0.4) is 0 Å². The average molecular weight is 383 g/mol. The summed E-state index contributed by atoms with van der Waals surface area (Å²) in [5.74, 6) is 0.569. The predicted molar refractivity (Wildman–Crippen MR) is 110 cm³/mol. The lowest BCUT2D eigenvalue weighted by molar-refractivity contribution is 0.422. The van der Waals surface area contributed by atoms with Crippen LogP contribution in [0.15, 0.2) is 41.3 Å². The molecule has 0 aromatic heterocycles. The summed E-state index contributed by atoms with van der Waals surface area (Å²) in [6.07, 6.45) is 5.42. The third kappa shape index (κ3) is 2.89. The van der Waals surface area contributed by atoms with Gasteiger partial charge in [0.05, 0.1) is 10.9 Å². The molecule has 0 saturated carbocycles. The van der Waals surface area contributed by atoms with Gasteiger partial charge >= 0.3 is 0 Å². The maximum Gasteiger partial charge on any atom is 0.238 e. The van der Waals surface area contributed by atoms with Gasteiger partial charge in [-0.05, 0) is 91.6 Å². The highest BCUT2D eigenvalue weighted by Crippen LogP contribution is 2.51. The number of primary sulfonamides is 1. The van der Waals surface area contributed by atoms with E-state index in [4.69, 9.17) is 5.14 Å². The number of sulfonamides is 1. The van der Waals surface area contributed by atoms with Crippen molar-refractivity contribution in [2.45, 2.75) is 51.0 Å². The lowest BCUT2D eigenvalue weighted by Gasteiger charge is -2.39. The molecule has 3 atom stereocenters. The Morgan fingerprint density at radius 2 is 1.70 bits per heavy atom. The van der Waals surface area contributed by atoms with E-state index in [0.29, 0.717) is 5.92 Å². The number of benzene rings is 2. The van der Waals surface area contributed by atoms with Crippen molar-refractivity contribution < 1.29 is 8.42 Å². The van der Waals surface area contributed by atoms with Gasteiger partial charge in [0.2, 0.25) is 10.0 Å². The van der Waals surface area contributed by atoms with Crippen LogP contribution in [0.1, 0.15) is 51.8 Å². The number of anilines is 1. The normalized spacial score (nSPS) is 23.7.